The normalized spacial score (nSPS) is 12.4. The van der Waals surface area contributed by atoms with Crippen molar-refractivity contribution in [3.63, 3.8) is 0 Å². The van der Waals surface area contributed by atoms with Crippen LogP contribution < -0.4 is 14.8 Å². The van der Waals surface area contributed by atoms with E-state index in [1.54, 1.807) is 24.4 Å². The molecule has 1 N–H and O–H groups in total. The number of aryl methyl sites for hydroxylation is 1. The average Bonchev–Trinajstić information content (AvgIpc) is 3.39. The number of hydrogen-bond acceptors (Lipinski definition) is 7. The summed E-state index contributed by atoms with van der Waals surface area (Å²) in [5.41, 5.74) is 1.55. The fourth-order valence-corrected chi connectivity index (χ4v) is 3.36. The molecule has 0 atom stereocenters. The Balaban J connectivity index is 1.38. The molecule has 0 aliphatic carbocycles. The van der Waals surface area contributed by atoms with Crippen LogP contribution in [0.3, 0.4) is 0 Å². The quantitative estimate of drug-likeness (QED) is 0.649. The van der Waals surface area contributed by atoms with Gasteiger partial charge >= 0.3 is 0 Å². The topological polar surface area (TPSA) is 96.1 Å². The van der Waals surface area contributed by atoms with Gasteiger partial charge < -0.3 is 19.4 Å². The molecule has 0 spiro atoms. The van der Waals surface area contributed by atoms with E-state index in [9.17, 15) is 4.79 Å². The van der Waals surface area contributed by atoms with Crippen molar-refractivity contribution in [1.29, 1.82) is 0 Å². The summed E-state index contributed by atoms with van der Waals surface area (Å²) < 4.78 is 14.3. The first-order valence-corrected chi connectivity index (χ1v) is 9.37. The second-order valence-corrected chi connectivity index (χ2v) is 6.80. The zero-order valence-corrected chi connectivity index (χ0v) is 15.7. The third-order valence-electron chi connectivity index (χ3n) is 4.04. The van der Waals surface area contributed by atoms with Crippen LogP contribution >= 0.6 is 11.8 Å². The monoisotopic (exact) mass is 386 g/mol. The number of aromatic nitrogens is 5. The Bertz CT molecular complexity index is 983. The molecule has 0 unspecified atom stereocenters. The number of fused-ring (bicyclic) bond motifs is 1. The van der Waals surface area contributed by atoms with Crippen LogP contribution in [0.25, 0.3) is 11.4 Å². The van der Waals surface area contributed by atoms with Crippen molar-refractivity contribution in [1.82, 2.24) is 24.5 Å². The minimum atomic E-state index is -0.137. The van der Waals surface area contributed by atoms with Crippen LogP contribution in [0, 0.1) is 0 Å². The Morgan fingerprint density at radius 1 is 1.30 bits per heavy atom. The van der Waals surface area contributed by atoms with Crippen LogP contribution in [0.15, 0.2) is 35.7 Å². The van der Waals surface area contributed by atoms with Crippen LogP contribution in [0.5, 0.6) is 11.5 Å². The van der Waals surface area contributed by atoms with Gasteiger partial charge in [0.15, 0.2) is 22.5 Å². The van der Waals surface area contributed by atoms with Crippen molar-refractivity contribution in [3.8, 4) is 22.9 Å². The molecular weight excluding hydrogens is 368 g/mol. The summed E-state index contributed by atoms with van der Waals surface area (Å²) in [6.07, 6.45) is 3.68. The Morgan fingerprint density at radius 2 is 2.15 bits per heavy atom. The molecule has 27 heavy (non-hydrogen) atoms. The first kappa shape index (κ1) is 17.4. The van der Waals surface area contributed by atoms with Gasteiger partial charge in [0.05, 0.1) is 17.5 Å². The SMILES string of the molecule is CCn1cc(-c2nnc(SCC(=O)Nc3ccc4c(c3)OCO4)n2C)cn1. The molecule has 0 saturated heterocycles. The molecule has 9 nitrogen and oxygen atoms in total. The summed E-state index contributed by atoms with van der Waals surface area (Å²) >= 11 is 1.32. The maximum atomic E-state index is 12.2. The molecule has 2 aromatic heterocycles. The zero-order chi connectivity index (χ0) is 18.8. The Hall–Kier alpha value is -3.01. The van der Waals surface area contributed by atoms with Gasteiger partial charge in [-0.25, -0.2) is 0 Å². The molecule has 1 aliphatic rings. The summed E-state index contributed by atoms with van der Waals surface area (Å²) in [5.74, 6) is 2.11. The van der Waals surface area contributed by atoms with Crippen LogP contribution in [0.2, 0.25) is 0 Å². The highest BCUT2D eigenvalue weighted by atomic mass is 32.2. The number of rotatable bonds is 6. The second kappa shape index (κ2) is 7.31. The van der Waals surface area contributed by atoms with Crippen molar-refractivity contribution in [3.05, 3.63) is 30.6 Å². The zero-order valence-electron chi connectivity index (χ0n) is 14.9. The average molecular weight is 386 g/mol. The van der Waals surface area contributed by atoms with Crippen LogP contribution in [0.4, 0.5) is 5.69 Å². The lowest BCUT2D eigenvalue weighted by Crippen LogP contribution is -2.14. The van der Waals surface area contributed by atoms with Crippen molar-refractivity contribution >= 4 is 23.4 Å². The number of carbonyl (C=O) groups is 1. The number of carbonyl (C=O) groups excluding carboxylic acids is 1. The summed E-state index contributed by atoms with van der Waals surface area (Å²) in [6, 6.07) is 5.30. The van der Waals surface area contributed by atoms with E-state index in [0.717, 1.165) is 12.1 Å². The molecule has 140 valence electrons. The van der Waals surface area contributed by atoms with Crippen LogP contribution in [-0.4, -0.2) is 43.0 Å². The molecule has 0 saturated carbocycles. The highest BCUT2D eigenvalue weighted by molar-refractivity contribution is 7.99. The lowest BCUT2D eigenvalue weighted by Gasteiger charge is -2.06. The van der Waals surface area contributed by atoms with Gasteiger partial charge in [-0.05, 0) is 19.1 Å². The molecular formula is C17H18N6O3S. The molecule has 1 aromatic carbocycles. The highest BCUT2D eigenvalue weighted by Crippen LogP contribution is 2.34. The van der Waals surface area contributed by atoms with Gasteiger partial charge in [-0.1, -0.05) is 11.8 Å². The van der Waals surface area contributed by atoms with E-state index in [1.807, 2.05) is 29.4 Å². The largest absolute Gasteiger partial charge is 0.454 e. The molecule has 1 aliphatic heterocycles. The third kappa shape index (κ3) is 3.61. The van der Waals surface area contributed by atoms with Gasteiger partial charge in [0.2, 0.25) is 12.7 Å². The minimum absolute atomic E-state index is 0.137. The number of amides is 1. The van der Waals surface area contributed by atoms with Crippen molar-refractivity contribution in [2.45, 2.75) is 18.6 Å². The molecule has 4 rings (SSSR count). The fourth-order valence-electron chi connectivity index (χ4n) is 2.65. The third-order valence-corrected chi connectivity index (χ3v) is 5.06. The lowest BCUT2D eigenvalue weighted by atomic mass is 10.3. The molecule has 3 heterocycles. The number of ether oxygens (including phenoxy) is 2. The number of thioether (sulfide) groups is 1. The maximum absolute atomic E-state index is 12.2. The van der Waals surface area contributed by atoms with Crippen molar-refractivity contribution in [2.75, 3.05) is 17.9 Å². The van der Waals surface area contributed by atoms with Gasteiger partial charge in [-0.15, -0.1) is 10.2 Å². The number of anilines is 1. The van der Waals surface area contributed by atoms with Gasteiger partial charge in [0.25, 0.3) is 0 Å². The molecule has 1 amide bonds. The van der Waals surface area contributed by atoms with E-state index in [0.29, 0.717) is 28.2 Å². The van der Waals surface area contributed by atoms with E-state index < -0.39 is 0 Å². The molecule has 0 bridgehead atoms. The lowest BCUT2D eigenvalue weighted by molar-refractivity contribution is -0.113. The summed E-state index contributed by atoms with van der Waals surface area (Å²) in [4.78, 5) is 12.2. The molecule has 0 fully saturated rings. The molecule has 3 aromatic rings. The summed E-state index contributed by atoms with van der Waals surface area (Å²) in [6.45, 7) is 3.02. The van der Waals surface area contributed by atoms with Crippen LogP contribution in [0.1, 0.15) is 6.92 Å². The van der Waals surface area contributed by atoms with Crippen molar-refractivity contribution in [2.24, 2.45) is 7.05 Å². The minimum Gasteiger partial charge on any atom is -0.454 e. The van der Waals surface area contributed by atoms with Gasteiger partial charge in [0, 0.05) is 31.5 Å². The van der Waals surface area contributed by atoms with E-state index in [4.69, 9.17) is 9.47 Å². The highest BCUT2D eigenvalue weighted by Gasteiger charge is 2.16. The first-order chi connectivity index (χ1) is 13.1. The smallest absolute Gasteiger partial charge is 0.234 e. The van der Waals surface area contributed by atoms with E-state index in [1.165, 1.54) is 11.8 Å². The van der Waals surface area contributed by atoms with Gasteiger partial charge in [-0.3, -0.25) is 9.48 Å². The number of benzene rings is 1. The number of nitrogens with zero attached hydrogens (tertiary/aromatic N) is 5. The number of nitrogens with one attached hydrogen (secondary N) is 1. The van der Waals surface area contributed by atoms with Crippen LogP contribution in [-0.2, 0) is 18.4 Å². The first-order valence-electron chi connectivity index (χ1n) is 8.38. The van der Waals surface area contributed by atoms with Crippen molar-refractivity contribution < 1.29 is 14.3 Å². The fraction of sp³-hybridized carbons (Fsp3) is 0.294. The maximum Gasteiger partial charge on any atom is 0.234 e. The Morgan fingerprint density at radius 3 is 2.96 bits per heavy atom. The van der Waals surface area contributed by atoms with Gasteiger partial charge in [-0.2, -0.15) is 5.10 Å². The van der Waals surface area contributed by atoms with E-state index in [-0.39, 0.29) is 18.5 Å². The Kier molecular flexibility index (Phi) is 4.71. The van der Waals surface area contributed by atoms with Gasteiger partial charge in [0.1, 0.15) is 0 Å². The number of hydrogen-bond donors (Lipinski definition) is 1. The molecule has 10 heteroatoms. The van der Waals surface area contributed by atoms with E-state index >= 15 is 0 Å². The second-order valence-electron chi connectivity index (χ2n) is 5.85. The Labute approximate surface area is 159 Å². The standard InChI is InChI=1S/C17H18N6O3S/c1-3-23-8-11(7-18-23)16-20-21-17(22(16)2)27-9-15(24)19-12-4-5-13-14(6-12)26-10-25-13/h4-8H,3,9-10H2,1-2H3,(H,19,24). The molecule has 0 radical (unpaired) electrons. The predicted molar refractivity (Wildman–Crippen MR) is 99.8 cm³/mol. The van der Waals surface area contributed by atoms with E-state index in [2.05, 4.69) is 20.6 Å². The predicted octanol–water partition coefficient (Wildman–Crippen LogP) is 2.16. The summed E-state index contributed by atoms with van der Waals surface area (Å²) in [7, 11) is 1.87. The summed E-state index contributed by atoms with van der Waals surface area (Å²) in [5, 5.41) is 16.1.